The minimum absolute atomic E-state index is 0.00662. The first-order chi connectivity index (χ1) is 15.3. The second-order valence-electron chi connectivity index (χ2n) is 7.43. The number of benzene rings is 3. The number of halogens is 1. The average molecular weight is 446 g/mol. The number of carbonyl (C=O) groups excluding carboxylic acids is 3. The third-order valence-corrected chi connectivity index (χ3v) is 5.57. The van der Waals surface area contributed by atoms with Crippen molar-refractivity contribution in [1.29, 1.82) is 0 Å². The maximum atomic E-state index is 12.8. The van der Waals surface area contributed by atoms with Gasteiger partial charge in [-0.1, -0.05) is 35.9 Å². The SMILES string of the molecule is Cc1ccc(NC(=O)c2ccc(NC3=C(Cl)C(=O)N(c4ccccc4)C3=O)cc2)cc1C. The topological polar surface area (TPSA) is 78.5 Å². The molecule has 3 aromatic rings. The van der Waals surface area contributed by atoms with Crippen molar-refractivity contribution in [3.05, 3.63) is 100 Å². The molecule has 0 saturated carbocycles. The van der Waals surface area contributed by atoms with Crippen molar-refractivity contribution < 1.29 is 14.4 Å². The van der Waals surface area contributed by atoms with Crippen molar-refractivity contribution in [2.24, 2.45) is 0 Å². The first-order valence-electron chi connectivity index (χ1n) is 9.94. The van der Waals surface area contributed by atoms with E-state index in [1.165, 1.54) is 0 Å². The number of amides is 3. The number of nitrogens with one attached hydrogen (secondary N) is 2. The predicted molar refractivity (Wildman–Crippen MR) is 126 cm³/mol. The Hall–Kier alpha value is -3.90. The highest BCUT2D eigenvalue weighted by atomic mass is 35.5. The number of para-hydroxylation sites is 1. The summed E-state index contributed by atoms with van der Waals surface area (Å²) in [5.74, 6) is -1.38. The Morgan fingerprint density at radius 3 is 2.12 bits per heavy atom. The van der Waals surface area contributed by atoms with Crippen molar-refractivity contribution in [1.82, 2.24) is 0 Å². The second-order valence-corrected chi connectivity index (χ2v) is 7.80. The molecule has 1 heterocycles. The number of hydrogen-bond acceptors (Lipinski definition) is 4. The number of rotatable bonds is 5. The molecule has 3 amide bonds. The molecule has 3 aromatic carbocycles. The summed E-state index contributed by atoms with van der Waals surface area (Å²) in [4.78, 5) is 38.9. The van der Waals surface area contributed by atoms with Crippen LogP contribution in [0.3, 0.4) is 0 Å². The Kier molecular flexibility index (Phi) is 5.79. The molecule has 0 atom stereocenters. The number of carbonyl (C=O) groups is 3. The van der Waals surface area contributed by atoms with Gasteiger partial charge in [-0.3, -0.25) is 14.4 Å². The summed E-state index contributed by atoms with van der Waals surface area (Å²) in [6.45, 7) is 4.00. The summed E-state index contributed by atoms with van der Waals surface area (Å²) in [7, 11) is 0. The Morgan fingerprint density at radius 2 is 1.47 bits per heavy atom. The van der Waals surface area contributed by atoms with E-state index in [-0.39, 0.29) is 16.6 Å². The lowest BCUT2D eigenvalue weighted by Crippen LogP contribution is -2.32. The number of aryl methyl sites for hydroxylation is 2. The van der Waals surface area contributed by atoms with Gasteiger partial charge in [-0.25, -0.2) is 4.90 Å². The van der Waals surface area contributed by atoms with E-state index < -0.39 is 11.8 Å². The molecule has 0 aromatic heterocycles. The van der Waals surface area contributed by atoms with Crippen LogP contribution in [0, 0.1) is 13.8 Å². The number of imide groups is 1. The van der Waals surface area contributed by atoms with Crippen LogP contribution in [0.15, 0.2) is 83.5 Å². The zero-order chi connectivity index (χ0) is 22.8. The molecule has 160 valence electrons. The fourth-order valence-corrected chi connectivity index (χ4v) is 3.51. The summed E-state index contributed by atoms with van der Waals surface area (Å²) in [5.41, 5.74) is 4.37. The molecule has 2 N–H and O–H groups in total. The highest BCUT2D eigenvalue weighted by Crippen LogP contribution is 2.30. The second kappa shape index (κ2) is 8.69. The van der Waals surface area contributed by atoms with E-state index in [9.17, 15) is 14.4 Å². The molecule has 0 unspecified atom stereocenters. The molecule has 7 heteroatoms. The minimum Gasteiger partial charge on any atom is -0.350 e. The fourth-order valence-electron chi connectivity index (χ4n) is 3.29. The monoisotopic (exact) mass is 445 g/mol. The van der Waals surface area contributed by atoms with Crippen molar-refractivity contribution in [3.8, 4) is 0 Å². The van der Waals surface area contributed by atoms with Crippen LogP contribution in [-0.4, -0.2) is 17.7 Å². The van der Waals surface area contributed by atoms with E-state index in [2.05, 4.69) is 10.6 Å². The molecule has 32 heavy (non-hydrogen) atoms. The fraction of sp³-hybridized carbons (Fsp3) is 0.0800. The van der Waals surface area contributed by atoms with Gasteiger partial charge in [-0.15, -0.1) is 0 Å². The molecule has 1 aliphatic heterocycles. The molecular formula is C25H20ClN3O3. The maximum absolute atomic E-state index is 12.8. The Bertz CT molecular complexity index is 1250. The molecule has 0 bridgehead atoms. The van der Waals surface area contributed by atoms with Crippen LogP contribution in [0.2, 0.25) is 0 Å². The lowest BCUT2D eigenvalue weighted by molar-refractivity contribution is -0.120. The van der Waals surface area contributed by atoms with E-state index in [0.717, 1.165) is 16.0 Å². The van der Waals surface area contributed by atoms with Gasteiger partial charge in [0, 0.05) is 16.9 Å². The summed E-state index contributed by atoms with van der Waals surface area (Å²) < 4.78 is 0. The molecule has 6 nitrogen and oxygen atoms in total. The Balaban J connectivity index is 1.47. The van der Waals surface area contributed by atoms with E-state index in [1.54, 1.807) is 54.6 Å². The molecule has 0 aliphatic carbocycles. The summed E-state index contributed by atoms with van der Waals surface area (Å²) >= 11 is 6.15. The number of hydrogen-bond donors (Lipinski definition) is 2. The quantitative estimate of drug-likeness (QED) is 0.542. The first kappa shape index (κ1) is 21.3. The van der Waals surface area contributed by atoms with Gasteiger partial charge in [0.25, 0.3) is 17.7 Å². The summed E-state index contributed by atoms with van der Waals surface area (Å²) in [6, 6.07) is 20.8. The van der Waals surface area contributed by atoms with Crippen LogP contribution in [0.1, 0.15) is 21.5 Å². The highest BCUT2D eigenvalue weighted by Gasteiger charge is 2.38. The first-order valence-corrected chi connectivity index (χ1v) is 10.3. The number of nitrogens with zero attached hydrogens (tertiary/aromatic N) is 1. The predicted octanol–water partition coefficient (Wildman–Crippen LogP) is 4.99. The van der Waals surface area contributed by atoms with Crippen LogP contribution in [0.25, 0.3) is 0 Å². The van der Waals surface area contributed by atoms with Gasteiger partial charge in [0.15, 0.2) is 0 Å². The van der Waals surface area contributed by atoms with Crippen molar-refractivity contribution >= 4 is 46.4 Å². The van der Waals surface area contributed by atoms with Gasteiger partial charge in [0.1, 0.15) is 10.7 Å². The molecule has 0 saturated heterocycles. The zero-order valence-electron chi connectivity index (χ0n) is 17.5. The number of anilines is 3. The Labute approximate surface area is 190 Å². The Morgan fingerprint density at radius 1 is 0.812 bits per heavy atom. The minimum atomic E-state index is -0.588. The van der Waals surface area contributed by atoms with Gasteiger partial charge in [-0.05, 0) is 73.5 Å². The standard InChI is InChI=1S/C25H20ClN3O3/c1-15-8-11-19(14-16(15)2)28-23(30)17-9-12-18(13-10-17)27-22-21(26)24(31)29(25(22)32)20-6-4-3-5-7-20/h3-14,27H,1-2H3,(H,28,30). The van der Waals surface area contributed by atoms with E-state index in [4.69, 9.17) is 11.6 Å². The van der Waals surface area contributed by atoms with Crippen LogP contribution >= 0.6 is 11.6 Å². The van der Waals surface area contributed by atoms with Gasteiger partial charge in [-0.2, -0.15) is 0 Å². The smallest absolute Gasteiger partial charge is 0.283 e. The van der Waals surface area contributed by atoms with Gasteiger partial charge in [0.2, 0.25) is 0 Å². The van der Waals surface area contributed by atoms with Crippen LogP contribution in [0.5, 0.6) is 0 Å². The van der Waals surface area contributed by atoms with Crippen molar-refractivity contribution in [2.45, 2.75) is 13.8 Å². The van der Waals surface area contributed by atoms with Crippen LogP contribution in [-0.2, 0) is 9.59 Å². The van der Waals surface area contributed by atoms with Gasteiger partial charge in [0.05, 0.1) is 5.69 Å². The van der Waals surface area contributed by atoms with Crippen LogP contribution < -0.4 is 15.5 Å². The molecular weight excluding hydrogens is 426 g/mol. The van der Waals surface area contributed by atoms with Gasteiger partial charge < -0.3 is 10.6 Å². The van der Waals surface area contributed by atoms with E-state index in [0.29, 0.717) is 22.6 Å². The molecule has 0 fully saturated rings. The van der Waals surface area contributed by atoms with Gasteiger partial charge >= 0.3 is 0 Å². The summed E-state index contributed by atoms with van der Waals surface area (Å²) in [6.07, 6.45) is 0. The maximum Gasteiger partial charge on any atom is 0.283 e. The van der Waals surface area contributed by atoms with E-state index in [1.807, 2.05) is 32.0 Å². The lowest BCUT2D eigenvalue weighted by atomic mass is 10.1. The third-order valence-electron chi connectivity index (χ3n) is 5.22. The molecule has 0 radical (unpaired) electrons. The van der Waals surface area contributed by atoms with Crippen molar-refractivity contribution in [2.75, 3.05) is 15.5 Å². The molecule has 0 spiro atoms. The third kappa shape index (κ3) is 4.13. The highest BCUT2D eigenvalue weighted by molar-refractivity contribution is 6.53. The summed E-state index contributed by atoms with van der Waals surface area (Å²) in [5, 5.41) is 5.59. The van der Waals surface area contributed by atoms with Crippen LogP contribution in [0.4, 0.5) is 17.1 Å². The molecule has 1 aliphatic rings. The van der Waals surface area contributed by atoms with Crippen molar-refractivity contribution in [3.63, 3.8) is 0 Å². The zero-order valence-corrected chi connectivity index (χ0v) is 18.2. The molecule has 4 rings (SSSR count). The lowest BCUT2D eigenvalue weighted by Gasteiger charge is -2.15. The largest absolute Gasteiger partial charge is 0.350 e. The normalized spacial score (nSPS) is 13.5. The average Bonchev–Trinajstić information content (AvgIpc) is 3.00. The van der Waals surface area contributed by atoms with E-state index >= 15 is 0 Å².